The van der Waals surface area contributed by atoms with Crippen LogP contribution in [0.3, 0.4) is 0 Å². The van der Waals surface area contributed by atoms with E-state index >= 15 is 0 Å². The Labute approximate surface area is 116 Å². The van der Waals surface area contributed by atoms with Crippen LogP contribution in [-0.4, -0.2) is 22.1 Å². The van der Waals surface area contributed by atoms with Gasteiger partial charge in [0.05, 0.1) is 18.5 Å². The second-order valence-corrected chi connectivity index (χ2v) is 4.46. The van der Waals surface area contributed by atoms with Gasteiger partial charge in [-0.1, -0.05) is 11.6 Å². The van der Waals surface area contributed by atoms with Crippen LogP contribution in [0.4, 0.5) is 5.69 Å². The van der Waals surface area contributed by atoms with Crippen LogP contribution in [0.1, 0.15) is 16.8 Å². The number of anilines is 1. The normalized spacial score (nSPS) is 10.4. The minimum absolute atomic E-state index is 0.326. The van der Waals surface area contributed by atoms with Crippen molar-refractivity contribution < 1.29 is 9.53 Å². The van der Waals surface area contributed by atoms with E-state index in [1.165, 1.54) is 6.07 Å². The fraction of sp³-hybridized carbons (Fsp3) is 0.231. The molecule has 2 aromatic rings. The summed E-state index contributed by atoms with van der Waals surface area (Å²) in [5.74, 6) is -0.431. The van der Waals surface area contributed by atoms with Crippen molar-refractivity contribution in [2.75, 3.05) is 12.3 Å². The smallest absolute Gasteiger partial charge is 0.340 e. The highest BCUT2D eigenvalue weighted by atomic mass is 35.5. The Morgan fingerprint density at radius 1 is 1.47 bits per heavy atom. The van der Waals surface area contributed by atoms with Gasteiger partial charge in [-0.3, -0.25) is 0 Å². The minimum atomic E-state index is -0.431. The van der Waals surface area contributed by atoms with Gasteiger partial charge in [0.1, 0.15) is 0 Å². The number of nitrogens with two attached hydrogens (primary N) is 1. The van der Waals surface area contributed by atoms with E-state index in [1.54, 1.807) is 24.7 Å². The largest absolute Gasteiger partial charge is 0.462 e. The van der Waals surface area contributed by atoms with E-state index < -0.39 is 5.97 Å². The third-order valence-electron chi connectivity index (χ3n) is 2.59. The molecule has 0 saturated heterocycles. The van der Waals surface area contributed by atoms with Gasteiger partial charge < -0.3 is 15.0 Å². The summed E-state index contributed by atoms with van der Waals surface area (Å²) in [6.45, 7) is 1.09. The van der Waals surface area contributed by atoms with Gasteiger partial charge in [0, 0.05) is 29.6 Å². The van der Waals surface area contributed by atoms with Crippen molar-refractivity contribution in [1.82, 2.24) is 9.55 Å². The topological polar surface area (TPSA) is 70.1 Å². The lowest BCUT2D eigenvalue weighted by atomic mass is 10.2. The maximum atomic E-state index is 11.8. The van der Waals surface area contributed by atoms with Gasteiger partial charge in [0.25, 0.3) is 0 Å². The summed E-state index contributed by atoms with van der Waals surface area (Å²) in [7, 11) is 0. The van der Waals surface area contributed by atoms with E-state index in [4.69, 9.17) is 22.1 Å². The number of imidazole rings is 1. The first-order valence-electron chi connectivity index (χ1n) is 5.84. The monoisotopic (exact) mass is 279 g/mol. The number of hydrogen-bond acceptors (Lipinski definition) is 4. The summed E-state index contributed by atoms with van der Waals surface area (Å²) in [5, 5.41) is 0.495. The van der Waals surface area contributed by atoms with E-state index in [9.17, 15) is 4.79 Å². The average Bonchev–Trinajstić information content (AvgIpc) is 2.87. The van der Waals surface area contributed by atoms with Gasteiger partial charge in [0.2, 0.25) is 0 Å². The maximum Gasteiger partial charge on any atom is 0.340 e. The number of carbonyl (C=O) groups is 1. The summed E-state index contributed by atoms with van der Waals surface area (Å²) in [5.41, 5.74) is 6.37. The van der Waals surface area contributed by atoms with Gasteiger partial charge in [0.15, 0.2) is 0 Å². The fourth-order valence-corrected chi connectivity index (χ4v) is 1.81. The Morgan fingerprint density at radius 2 is 2.32 bits per heavy atom. The molecule has 0 saturated carbocycles. The molecule has 5 nitrogen and oxygen atoms in total. The van der Waals surface area contributed by atoms with Crippen molar-refractivity contribution in [3.05, 3.63) is 47.5 Å². The first kappa shape index (κ1) is 13.4. The number of ether oxygens (including phenoxy) is 1. The number of rotatable bonds is 5. The molecule has 0 bridgehead atoms. The number of carbonyl (C=O) groups excluding carboxylic acids is 1. The van der Waals surface area contributed by atoms with Crippen molar-refractivity contribution in [3.63, 3.8) is 0 Å². The SMILES string of the molecule is Nc1cc(Cl)ccc1C(=O)OCCCn1ccnc1. The second-order valence-electron chi connectivity index (χ2n) is 4.02. The van der Waals surface area contributed by atoms with E-state index in [-0.39, 0.29) is 0 Å². The van der Waals surface area contributed by atoms with Crippen molar-refractivity contribution >= 4 is 23.3 Å². The van der Waals surface area contributed by atoms with E-state index in [0.717, 1.165) is 13.0 Å². The first-order chi connectivity index (χ1) is 9.16. The van der Waals surface area contributed by atoms with E-state index in [1.807, 2.05) is 10.8 Å². The van der Waals surface area contributed by atoms with Crippen LogP contribution < -0.4 is 5.73 Å². The van der Waals surface area contributed by atoms with Crippen molar-refractivity contribution in [3.8, 4) is 0 Å². The van der Waals surface area contributed by atoms with Crippen LogP contribution in [0, 0.1) is 0 Å². The number of esters is 1. The van der Waals surface area contributed by atoms with Crippen LogP contribution in [-0.2, 0) is 11.3 Å². The molecule has 1 aromatic heterocycles. The van der Waals surface area contributed by atoms with Gasteiger partial charge in [-0.15, -0.1) is 0 Å². The Bertz CT molecular complexity index is 555. The zero-order valence-corrected chi connectivity index (χ0v) is 11.0. The van der Waals surface area contributed by atoms with Crippen LogP contribution in [0.25, 0.3) is 0 Å². The van der Waals surface area contributed by atoms with Crippen LogP contribution >= 0.6 is 11.6 Å². The van der Waals surface area contributed by atoms with Crippen molar-refractivity contribution in [2.24, 2.45) is 0 Å². The number of halogens is 1. The Balaban J connectivity index is 1.81. The molecule has 0 aliphatic heterocycles. The molecule has 0 aliphatic carbocycles. The predicted molar refractivity (Wildman–Crippen MR) is 73.0 cm³/mol. The molecule has 19 heavy (non-hydrogen) atoms. The predicted octanol–water partition coefficient (Wildman–Crippen LogP) is 2.37. The molecular weight excluding hydrogens is 266 g/mol. The molecule has 6 heteroatoms. The number of nitrogen functional groups attached to an aromatic ring is 1. The molecule has 2 rings (SSSR count). The van der Waals surface area contributed by atoms with E-state index in [0.29, 0.717) is 22.9 Å². The lowest BCUT2D eigenvalue weighted by Gasteiger charge is -2.07. The summed E-state index contributed by atoms with van der Waals surface area (Å²) in [6, 6.07) is 4.71. The Morgan fingerprint density at radius 3 is 3.00 bits per heavy atom. The summed E-state index contributed by atoms with van der Waals surface area (Å²) in [6.07, 6.45) is 6.01. The summed E-state index contributed by atoms with van der Waals surface area (Å²) in [4.78, 5) is 15.7. The molecular formula is C13H14ClN3O2. The second kappa shape index (κ2) is 6.24. The Kier molecular flexibility index (Phi) is 4.41. The summed E-state index contributed by atoms with van der Waals surface area (Å²) < 4.78 is 7.07. The van der Waals surface area contributed by atoms with Crippen molar-refractivity contribution in [2.45, 2.75) is 13.0 Å². The van der Waals surface area contributed by atoms with Gasteiger partial charge in [-0.05, 0) is 24.6 Å². The van der Waals surface area contributed by atoms with Crippen LogP contribution in [0.5, 0.6) is 0 Å². The number of nitrogens with zero attached hydrogens (tertiary/aromatic N) is 2. The molecule has 2 N–H and O–H groups in total. The van der Waals surface area contributed by atoms with Gasteiger partial charge >= 0.3 is 5.97 Å². The highest BCUT2D eigenvalue weighted by molar-refractivity contribution is 6.31. The van der Waals surface area contributed by atoms with Gasteiger partial charge in [-0.25, -0.2) is 9.78 Å². The molecule has 0 amide bonds. The number of aromatic nitrogens is 2. The molecule has 0 fully saturated rings. The molecule has 0 spiro atoms. The molecule has 0 atom stereocenters. The third-order valence-corrected chi connectivity index (χ3v) is 2.82. The fourth-order valence-electron chi connectivity index (χ4n) is 1.63. The molecule has 0 aliphatic rings. The first-order valence-corrected chi connectivity index (χ1v) is 6.22. The molecule has 0 radical (unpaired) electrons. The summed E-state index contributed by atoms with van der Waals surface area (Å²) >= 11 is 5.76. The Hall–Kier alpha value is -2.01. The maximum absolute atomic E-state index is 11.8. The molecule has 1 heterocycles. The third kappa shape index (κ3) is 3.72. The molecule has 1 aromatic carbocycles. The minimum Gasteiger partial charge on any atom is -0.462 e. The highest BCUT2D eigenvalue weighted by Crippen LogP contribution is 2.18. The number of hydrogen-bond donors (Lipinski definition) is 1. The standard InChI is InChI=1S/C13H14ClN3O2/c14-10-2-3-11(12(15)8-10)13(18)19-7-1-5-17-6-4-16-9-17/h2-4,6,8-9H,1,5,7,15H2. The average molecular weight is 280 g/mol. The molecule has 100 valence electrons. The quantitative estimate of drug-likeness (QED) is 0.518. The zero-order valence-electron chi connectivity index (χ0n) is 10.3. The van der Waals surface area contributed by atoms with Crippen LogP contribution in [0.2, 0.25) is 5.02 Å². The highest BCUT2D eigenvalue weighted by Gasteiger charge is 2.11. The lowest BCUT2D eigenvalue weighted by Crippen LogP contribution is -2.10. The van der Waals surface area contributed by atoms with Crippen molar-refractivity contribution in [1.29, 1.82) is 0 Å². The lowest BCUT2D eigenvalue weighted by molar-refractivity contribution is 0.0497. The number of aryl methyl sites for hydroxylation is 1. The number of benzene rings is 1. The van der Waals surface area contributed by atoms with E-state index in [2.05, 4.69) is 4.98 Å². The molecule has 0 unspecified atom stereocenters. The van der Waals surface area contributed by atoms with Crippen LogP contribution in [0.15, 0.2) is 36.9 Å². The van der Waals surface area contributed by atoms with Gasteiger partial charge in [-0.2, -0.15) is 0 Å². The zero-order chi connectivity index (χ0) is 13.7.